The zero-order valence-corrected chi connectivity index (χ0v) is 16.2. The summed E-state index contributed by atoms with van der Waals surface area (Å²) in [5, 5.41) is 2.81. The third-order valence-electron chi connectivity index (χ3n) is 4.17. The van der Waals surface area contributed by atoms with Gasteiger partial charge in [0.2, 0.25) is 21.8 Å². The molecule has 2 amide bonds. The van der Waals surface area contributed by atoms with Crippen LogP contribution in [0.3, 0.4) is 0 Å². The van der Waals surface area contributed by atoms with E-state index in [0.29, 0.717) is 30.0 Å². The predicted octanol–water partition coefficient (Wildman–Crippen LogP) is 2.84. The first-order valence-corrected chi connectivity index (χ1v) is 10.7. The van der Waals surface area contributed by atoms with E-state index in [0.717, 1.165) is 18.2 Å². The third kappa shape index (κ3) is 5.20. The van der Waals surface area contributed by atoms with E-state index < -0.39 is 10.0 Å². The summed E-state index contributed by atoms with van der Waals surface area (Å²) in [7, 11) is -3.33. The second-order valence-corrected chi connectivity index (χ2v) is 8.23. The maximum Gasteiger partial charge on any atom is 0.248 e. The molecule has 7 nitrogen and oxygen atoms in total. The molecule has 1 fully saturated rings. The Balaban J connectivity index is 1.67. The van der Waals surface area contributed by atoms with Crippen LogP contribution in [0.2, 0.25) is 0 Å². The summed E-state index contributed by atoms with van der Waals surface area (Å²) in [6.45, 7) is 0.648. The largest absolute Gasteiger partial charge is 0.321 e. The lowest BCUT2D eigenvalue weighted by Gasteiger charge is -2.19. The van der Waals surface area contributed by atoms with Gasteiger partial charge < -0.3 is 10.2 Å². The molecule has 146 valence electrons. The number of para-hydroxylation sites is 2. The maximum absolute atomic E-state index is 12.3. The van der Waals surface area contributed by atoms with Crippen LogP contribution in [-0.2, 0) is 19.6 Å². The van der Waals surface area contributed by atoms with Crippen molar-refractivity contribution in [3.63, 3.8) is 0 Å². The fourth-order valence-electron chi connectivity index (χ4n) is 2.94. The Bertz CT molecular complexity index is 1010. The standard InChI is InChI=1S/C20H21N3O4S/c1-28(26,27)22-16-11-8-15(9-12-16)10-13-19(24)21-17-5-2-3-6-18(17)23-14-4-7-20(23)25/h2-3,5-6,8-13,22H,4,7,14H2,1H3,(H,21,24)/b13-10+. The van der Waals surface area contributed by atoms with Gasteiger partial charge in [-0.1, -0.05) is 24.3 Å². The molecular weight excluding hydrogens is 378 g/mol. The van der Waals surface area contributed by atoms with E-state index in [4.69, 9.17) is 0 Å². The highest BCUT2D eigenvalue weighted by Gasteiger charge is 2.23. The number of nitrogens with zero attached hydrogens (tertiary/aromatic N) is 1. The Hall–Kier alpha value is -3.13. The topological polar surface area (TPSA) is 95.6 Å². The number of sulfonamides is 1. The second-order valence-electron chi connectivity index (χ2n) is 6.48. The number of rotatable bonds is 6. The van der Waals surface area contributed by atoms with Crippen LogP contribution in [0.25, 0.3) is 6.08 Å². The molecule has 3 rings (SSSR count). The molecule has 2 N–H and O–H groups in total. The molecule has 0 unspecified atom stereocenters. The molecule has 28 heavy (non-hydrogen) atoms. The Morgan fingerprint density at radius 1 is 1.11 bits per heavy atom. The summed E-state index contributed by atoms with van der Waals surface area (Å²) in [6, 6.07) is 13.9. The van der Waals surface area contributed by atoms with E-state index in [2.05, 4.69) is 10.0 Å². The van der Waals surface area contributed by atoms with Gasteiger partial charge in [0.05, 0.1) is 17.6 Å². The summed E-state index contributed by atoms with van der Waals surface area (Å²) in [5.41, 5.74) is 2.48. The van der Waals surface area contributed by atoms with Crippen molar-refractivity contribution < 1.29 is 18.0 Å². The second kappa shape index (κ2) is 8.26. The van der Waals surface area contributed by atoms with Crippen LogP contribution in [-0.4, -0.2) is 33.0 Å². The first-order valence-electron chi connectivity index (χ1n) is 8.78. The number of amides is 2. The smallest absolute Gasteiger partial charge is 0.248 e. The molecule has 2 aromatic carbocycles. The fourth-order valence-corrected chi connectivity index (χ4v) is 3.50. The van der Waals surface area contributed by atoms with Gasteiger partial charge in [-0.05, 0) is 42.3 Å². The number of carbonyl (C=O) groups excluding carboxylic acids is 2. The quantitative estimate of drug-likeness (QED) is 0.730. The molecule has 2 aromatic rings. The predicted molar refractivity (Wildman–Crippen MR) is 111 cm³/mol. The minimum absolute atomic E-state index is 0.0556. The van der Waals surface area contributed by atoms with Crippen molar-refractivity contribution in [1.29, 1.82) is 0 Å². The fraction of sp³-hybridized carbons (Fsp3) is 0.200. The molecule has 8 heteroatoms. The van der Waals surface area contributed by atoms with E-state index in [1.165, 1.54) is 6.08 Å². The van der Waals surface area contributed by atoms with Crippen LogP contribution in [0.15, 0.2) is 54.6 Å². The molecule has 1 heterocycles. The number of benzene rings is 2. The van der Waals surface area contributed by atoms with Crippen molar-refractivity contribution in [1.82, 2.24) is 0 Å². The molecular formula is C20H21N3O4S. The highest BCUT2D eigenvalue weighted by Crippen LogP contribution is 2.29. The zero-order chi connectivity index (χ0) is 20.1. The first-order chi connectivity index (χ1) is 13.3. The minimum atomic E-state index is -3.33. The molecule has 0 saturated carbocycles. The van der Waals surface area contributed by atoms with Crippen molar-refractivity contribution in [2.75, 3.05) is 27.7 Å². The summed E-state index contributed by atoms with van der Waals surface area (Å²) in [6.07, 6.45) is 5.43. The molecule has 0 atom stereocenters. The lowest BCUT2D eigenvalue weighted by molar-refractivity contribution is -0.117. The van der Waals surface area contributed by atoms with Gasteiger partial charge in [0.15, 0.2) is 0 Å². The number of anilines is 3. The highest BCUT2D eigenvalue weighted by molar-refractivity contribution is 7.92. The van der Waals surface area contributed by atoms with Crippen molar-refractivity contribution in [2.24, 2.45) is 0 Å². The van der Waals surface area contributed by atoms with Crippen LogP contribution >= 0.6 is 0 Å². The number of carbonyl (C=O) groups is 2. The Kier molecular flexibility index (Phi) is 5.79. The molecule has 1 saturated heterocycles. The van der Waals surface area contributed by atoms with Crippen molar-refractivity contribution >= 4 is 45.0 Å². The van der Waals surface area contributed by atoms with Crippen LogP contribution in [0.4, 0.5) is 17.1 Å². The van der Waals surface area contributed by atoms with E-state index in [-0.39, 0.29) is 11.8 Å². The molecule has 0 aromatic heterocycles. The van der Waals surface area contributed by atoms with Crippen LogP contribution < -0.4 is 14.9 Å². The van der Waals surface area contributed by atoms with E-state index in [9.17, 15) is 18.0 Å². The van der Waals surface area contributed by atoms with Crippen LogP contribution in [0, 0.1) is 0 Å². The average molecular weight is 399 g/mol. The van der Waals surface area contributed by atoms with Gasteiger partial charge in [-0.15, -0.1) is 0 Å². The Morgan fingerprint density at radius 3 is 2.46 bits per heavy atom. The van der Waals surface area contributed by atoms with Crippen molar-refractivity contribution in [2.45, 2.75) is 12.8 Å². The van der Waals surface area contributed by atoms with Gasteiger partial charge in [-0.3, -0.25) is 14.3 Å². The Labute approximate surface area is 164 Å². The van der Waals surface area contributed by atoms with Gasteiger partial charge in [0.25, 0.3) is 0 Å². The normalized spacial score (nSPS) is 14.5. The van der Waals surface area contributed by atoms with Crippen molar-refractivity contribution in [3.8, 4) is 0 Å². The third-order valence-corrected chi connectivity index (χ3v) is 4.77. The lowest BCUT2D eigenvalue weighted by Crippen LogP contribution is -2.25. The van der Waals surface area contributed by atoms with Gasteiger partial charge in [-0.25, -0.2) is 8.42 Å². The lowest BCUT2D eigenvalue weighted by atomic mass is 10.2. The molecule has 1 aliphatic heterocycles. The summed E-state index contributed by atoms with van der Waals surface area (Å²) >= 11 is 0. The molecule has 0 aliphatic carbocycles. The van der Waals surface area contributed by atoms with Crippen LogP contribution in [0.1, 0.15) is 18.4 Å². The van der Waals surface area contributed by atoms with Gasteiger partial charge in [0.1, 0.15) is 0 Å². The van der Waals surface area contributed by atoms with Crippen LogP contribution in [0.5, 0.6) is 0 Å². The van der Waals surface area contributed by atoms with E-state index in [1.54, 1.807) is 47.4 Å². The molecule has 0 bridgehead atoms. The first kappa shape index (κ1) is 19.6. The average Bonchev–Trinajstić information content (AvgIpc) is 3.06. The van der Waals surface area contributed by atoms with Gasteiger partial charge in [0, 0.05) is 24.7 Å². The molecule has 1 aliphatic rings. The summed E-state index contributed by atoms with van der Waals surface area (Å²) < 4.78 is 24.8. The molecule has 0 spiro atoms. The maximum atomic E-state index is 12.3. The number of hydrogen-bond donors (Lipinski definition) is 2. The minimum Gasteiger partial charge on any atom is -0.321 e. The number of hydrogen-bond acceptors (Lipinski definition) is 4. The summed E-state index contributed by atoms with van der Waals surface area (Å²) in [4.78, 5) is 26.0. The highest BCUT2D eigenvalue weighted by atomic mass is 32.2. The monoisotopic (exact) mass is 399 g/mol. The summed E-state index contributed by atoms with van der Waals surface area (Å²) in [5.74, 6) is -0.266. The van der Waals surface area contributed by atoms with Crippen molar-refractivity contribution in [3.05, 3.63) is 60.2 Å². The zero-order valence-electron chi connectivity index (χ0n) is 15.4. The molecule has 0 radical (unpaired) electrons. The number of nitrogens with one attached hydrogen (secondary N) is 2. The van der Waals surface area contributed by atoms with Gasteiger partial charge in [-0.2, -0.15) is 0 Å². The van der Waals surface area contributed by atoms with E-state index in [1.807, 2.05) is 12.1 Å². The Morgan fingerprint density at radius 2 is 1.82 bits per heavy atom. The van der Waals surface area contributed by atoms with E-state index >= 15 is 0 Å². The SMILES string of the molecule is CS(=O)(=O)Nc1ccc(/C=C/C(=O)Nc2ccccc2N2CCCC2=O)cc1. The van der Waals surface area contributed by atoms with Gasteiger partial charge >= 0.3 is 0 Å².